The zero-order valence-corrected chi connectivity index (χ0v) is 31.8. The summed E-state index contributed by atoms with van der Waals surface area (Å²) in [5.74, 6) is -3.01. The number of aromatic nitrogens is 2. The summed E-state index contributed by atoms with van der Waals surface area (Å²) < 4.78 is 0. The van der Waals surface area contributed by atoms with Gasteiger partial charge >= 0.3 is 0 Å². The van der Waals surface area contributed by atoms with Crippen LogP contribution < -0.4 is 5.32 Å². The first-order valence-electron chi connectivity index (χ1n) is 20.2. The van der Waals surface area contributed by atoms with Crippen LogP contribution in [-0.2, 0) is 20.0 Å². The van der Waals surface area contributed by atoms with Gasteiger partial charge in [0.2, 0.25) is 17.7 Å². The van der Waals surface area contributed by atoms with E-state index in [-0.39, 0.29) is 30.8 Å². The van der Waals surface area contributed by atoms with Gasteiger partial charge in [0, 0.05) is 49.3 Å². The monoisotopic (exact) mass is 736 g/mol. The first-order chi connectivity index (χ1) is 26.9. The number of carbonyl (C=O) groups is 3. The lowest BCUT2D eigenvalue weighted by Gasteiger charge is -2.36. The number of unbranched alkanes of at least 4 members (excludes halogenated alkanes) is 8. The third kappa shape index (κ3) is 7.70. The van der Waals surface area contributed by atoms with Crippen LogP contribution in [-0.4, -0.2) is 50.8 Å². The maximum atomic E-state index is 14.6. The molecule has 5 atom stereocenters. The summed E-state index contributed by atoms with van der Waals surface area (Å²) in [7, 11) is 0. The number of hydrogen-bond donors (Lipinski definition) is 2. The Kier molecular flexibility index (Phi) is 12.1. The zero-order valence-electron chi connectivity index (χ0n) is 31.8. The average molecular weight is 737 g/mol. The highest BCUT2D eigenvalue weighted by Gasteiger charge is 2.66. The molecule has 1 saturated carbocycles. The quantitative estimate of drug-likeness (QED) is 0.0608. The number of amides is 3. The summed E-state index contributed by atoms with van der Waals surface area (Å²) in [5.41, 5.74) is 3.47. The minimum Gasteiger partial charge on any atom is -0.375 e. The molecule has 1 aliphatic heterocycles. The van der Waals surface area contributed by atoms with Gasteiger partial charge in [0.15, 0.2) is 5.60 Å². The molecule has 8 heteroatoms. The Morgan fingerprint density at radius 2 is 1.36 bits per heavy atom. The largest absolute Gasteiger partial charge is 0.375 e. The number of nitrogens with zero attached hydrogens (tertiary/aromatic N) is 3. The van der Waals surface area contributed by atoms with Crippen molar-refractivity contribution >= 4 is 23.3 Å². The van der Waals surface area contributed by atoms with Crippen molar-refractivity contribution < 1.29 is 19.5 Å². The van der Waals surface area contributed by atoms with E-state index in [0.29, 0.717) is 23.3 Å². The minimum absolute atomic E-state index is 0.0531. The molecule has 8 nitrogen and oxygen atoms in total. The second-order valence-corrected chi connectivity index (χ2v) is 15.1. The van der Waals surface area contributed by atoms with Crippen LogP contribution in [0.3, 0.4) is 0 Å². The molecule has 0 radical (unpaired) electrons. The smallest absolute Gasteiger partial charge is 0.234 e. The van der Waals surface area contributed by atoms with Crippen LogP contribution >= 0.6 is 0 Å². The lowest BCUT2D eigenvalue weighted by atomic mass is 9.71. The molecule has 2 aromatic carbocycles. The first kappa shape index (κ1) is 38.1. The second kappa shape index (κ2) is 17.5. The van der Waals surface area contributed by atoms with Gasteiger partial charge in [-0.05, 0) is 53.0 Å². The van der Waals surface area contributed by atoms with E-state index in [1.807, 2.05) is 103 Å². The molecular weight excluding hydrogens is 685 g/mol. The number of nitrogens with one attached hydrogen (secondary N) is 1. The molecule has 2 aliphatic carbocycles. The van der Waals surface area contributed by atoms with Crippen LogP contribution in [0.4, 0.5) is 0 Å². The Morgan fingerprint density at radius 3 is 2.02 bits per heavy atom. The third-order valence-electron chi connectivity index (χ3n) is 11.7. The molecule has 1 saturated heterocycles. The van der Waals surface area contributed by atoms with Gasteiger partial charge in [0.25, 0.3) is 0 Å². The van der Waals surface area contributed by atoms with Crippen molar-refractivity contribution in [2.24, 2.45) is 23.7 Å². The van der Waals surface area contributed by atoms with Crippen molar-refractivity contribution in [1.29, 1.82) is 0 Å². The first-order valence-corrected chi connectivity index (χ1v) is 20.2. The molecule has 3 amide bonds. The number of fused-ring (bicyclic) bond motifs is 5. The van der Waals surface area contributed by atoms with E-state index in [1.165, 1.54) is 43.4 Å². The summed E-state index contributed by atoms with van der Waals surface area (Å²) in [4.78, 5) is 52.6. The van der Waals surface area contributed by atoms with Crippen LogP contribution in [0.2, 0.25) is 0 Å². The molecule has 2 bridgehead atoms. The van der Waals surface area contributed by atoms with Gasteiger partial charge in [-0.3, -0.25) is 29.3 Å². The Morgan fingerprint density at radius 1 is 0.745 bits per heavy atom. The predicted octanol–water partition coefficient (Wildman–Crippen LogP) is 8.04. The van der Waals surface area contributed by atoms with Gasteiger partial charge in [-0.1, -0.05) is 137 Å². The van der Waals surface area contributed by atoms with Crippen LogP contribution in [0.25, 0.3) is 5.57 Å². The fourth-order valence-corrected chi connectivity index (χ4v) is 9.12. The third-order valence-corrected chi connectivity index (χ3v) is 11.7. The summed E-state index contributed by atoms with van der Waals surface area (Å²) in [6.07, 6.45) is 16.5. The van der Waals surface area contributed by atoms with E-state index in [1.54, 1.807) is 12.4 Å². The van der Waals surface area contributed by atoms with Gasteiger partial charge in [-0.2, -0.15) is 0 Å². The molecule has 2 N–H and O–H groups in total. The zero-order chi connectivity index (χ0) is 38.2. The van der Waals surface area contributed by atoms with E-state index >= 15 is 0 Å². The number of carbonyl (C=O) groups excluding carboxylic acids is 3. The molecule has 4 aromatic rings. The van der Waals surface area contributed by atoms with Gasteiger partial charge in [0.05, 0.1) is 23.2 Å². The molecule has 0 spiro atoms. The van der Waals surface area contributed by atoms with E-state index in [9.17, 15) is 19.5 Å². The fraction of sp³-hybridized carbons (Fsp3) is 0.383. The predicted molar refractivity (Wildman–Crippen MR) is 214 cm³/mol. The highest BCUT2D eigenvalue weighted by molar-refractivity contribution is 6.08. The summed E-state index contributed by atoms with van der Waals surface area (Å²) in [6.45, 7) is 2.54. The van der Waals surface area contributed by atoms with Crippen LogP contribution in [0.5, 0.6) is 0 Å². The Bertz CT molecular complexity index is 1920. The van der Waals surface area contributed by atoms with E-state index in [0.717, 1.165) is 41.7 Å². The molecule has 3 heterocycles. The molecule has 7 rings (SSSR count). The molecule has 2 aromatic heterocycles. The maximum Gasteiger partial charge on any atom is 0.234 e. The minimum atomic E-state index is -1.68. The van der Waals surface area contributed by atoms with Gasteiger partial charge in [0.1, 0.15) is 0 Å². The van der Waals surface area contributed by atoms with E-state index in [4.69, 9.17) is 4.98 Å². The number of pyridine rings is 2. The average Bonchev–Trinajstić information content (AvgIpc) is 3.84. The lowest BCUT2D eigenvalue weighted by Crippen LogP contribution is -2.40. The topological polar surface area (TPSA) is 112 Å². The summed E-state index contributed by atoms with van der Waals surface area (Å²) in [5, 5.41) is 16.1. The van der Waals surface area contributed by atoms with Crippen molar-refractivity contribution in [2.45, 2.75) is 76.7 Å². The van der Waals surface area contributed by atoms with E-state index < -0.39 is 29.3 Å². The number of allylic oxidation sites excluding steroid dienone is 2. The van der Waals surface area contributed by atoms with Crippen LogP contribution in [0, 0.1) is 23.7 Å². The van der Waals surface area contributed by atoms with Gasteiger partial charge in [-0.15, -0.1) is 0 Å². The molecule has 55 heavy (non-hydrogen) atoms. The molecule has 3 aliphatic rings. The SMILES string of the molecule is CCCCCCCCCCCC(=O)NCCN1C(=O)C2C3C=C(C(O)(c4ccccc4)c4ccccn4)C(C3=C(c3ccccc3)c3ccccn3)C2C1=O. The van der Waals surface area contributed by atoms with Crippen molar-refractivity contribution in [3.8, 4) is 0 Å². The van der Waals surface area contributed by atoms with Crippen molar-refractivity contribution in [3.63, 3.8) is 0 Å². The summed E-state index contributed by atoms with van der Waals surface area (Å²) in [6, 6.07) is 30.6. The highest BCUT2D eigenvalue weighted by atomic mass is 16.3. The number of aliphatic hydroxyl groups is 1. The Labute approximate surface area is 324 Å². The normalized spacial score (nSPS) is 22.0. The maximum absolute atomic E-state index is 14.6. The second-order valence-electron chi connectivity index (χ2n) is 15.1. The molecular formula is C47H52N4O4. The van der Waals surface area contributed by atoms with E-state index in [2.05, 4.69) is 17.2 Å². The Balaban J connectivity index is 1.16. The van der Waals surface area contributed by atoms with Crippen LogP contribution in [0.1, 0.15) is 93.6 Å². The summed E-state index contributed by atoms with van der Waals surface area (Å²) >= 11 is 0. The number of hydrogen-bond acceptors (Lipinski definition) is 6. The van der Waals surface area contributed by atoms with Gasteiger partial charge in [-0.25, -0.2) is 0 Å². The van der Waals surface area contributed by atoms with Crippen molar-refractivity contribution in [1.82, 2.24) is 20.2 Å². The molecule has 5 unspecified atom stereocenters. The number of likely N-dealkylation sites (tertiary alicyclic amines) is 1. The molecule has 284 valence electrons. The standard InChI is InChI=1S/C47H52N4O4/c1-2-3-4-5-6-7-8-9-16-27-39(52)50-30-31-51-45(53)42-35-32-36(47(55,34-23-14-11-15-24-34)38-26-18-20-29-49-38)43(44(42)46(51)54)41(35)40(33-21-12-10-13-22-33)37-25-17-19-28-48-37/h10-15,17-26,28-29,32,35,42-44,55H,2-9,16,27,30-31H2,1H3,(H,50,52). The number of imide groups is 1. The van der Waals surface area contributed by atoms with Crippen LogP contribution in [0.15, 0.2) is 127 Å². The van der Waals surface area contributed by atoms with Gasteiger partial charge < -0.3 is 10.4 Å². The van der Waals surface area contributed by atoms with Crippen molar-refractivity contribution in [2.75, 3.05) is 13.1 Å². The highest BCUT2D eigenvalue weighted by Crippen LogP contribution is 2.64. The number of benzene rings is 2. The van der Waals surface area contributed by atoms with Crippen molar-refractivity contribution in [3.05, 3.63) is 149 Å². The lowest BCUT2D eigenvalue weighted by molar-refractivity contribution is -0.140. The Hall–Kier alpha value is -5.21. The fourth-order valence-electron chi connectivity index (χ4n) is 9.12. The molecule has 2 fully saturated rings. The number of rotatable bonds is 18.